The van der Waals surface area contributed by atoms with Crippen molar-refractivity contribution in [2.24, 2.45) is 0 Å². The molecule has 3 N–H and O–H groups in total. The number of hydrogen-bond acceptors (Lipinski definition) is 5. The number of carbonyl (C=O) groups excluding carboxylic acids is 1. The van der Waals surface area contributed by atoms with E-state index in [2.05, 4.69) is 31.3 Å². The minimum absolute atomic E-state index is 0.0752. The van der Waals surface area contributed by atoms with Crippen molar-refractivity contribution in [2.45, 2.75) is 19.9 Å². The van der Waals surface area contributed by atoms with Gasteiger partial charge in [0.2, 0.25) is 5.91 Å². The Morgan fingerprint density at radius 1 is 1.50 bits per heavy atom. The Hall–Kier alpha value is -1.76. The van der Waals surface area contributed by atoms with E-state index >= 15 is 0 Å². The number of rotatable bonds is 3. The Kier molecular flexibility index (Phi) is 2.95. The van der Waals surface area contributed by atoms with Crippen molar-refractivity contribution in [1.82, 2.24) is 31.3 Å². The van der Waals surface area contributed by atoms with Crippen LogP contribution in [0.25, 0.3) is 0 Å². The predicted octanol–water partition coefficient (Wildman–Crippen LogP) is -0.703. The van der Waals surface area contributed by atoms with Crippen molar-refractivity contribution in [2.75, 3.05) is 13.1 Å². The van der Waals surface area contributed by atoms with Gasteiger partial charge in [-0.15, -0.1) is 10.2 Å². The summed E-state index contributed by atoms with van der Waals surface area (Å²) >= 11 is 0. The van der Waals surface area contributed by atoms with Gasteiger partial charge < -0.3 is 10.6 Å². The molecule has 1 aliphatic heterocycles. The van der Waals surface area contributed by atoms with Crippen molar-refractivity contribution in [3.8, 4) is 0 Å². The molecule has 1 amide bonds. The van der Waals surface area contributed by atoms with Crippen molar-refractivity contribution < 1.29 is 4.79 Å². The summed E-state index contributed by atoms with van der Waals surface area (Å²) in [6.45, 7) is 5.25. The molecule has 0 radical (unpaired) electrons. The molecule has 7 nitrogen and oxygen atoms in total. The molecule has 0 aliphatic carbocycles. The molecule has 1 aromatic heterocycles. The van der Waals surface area contributed by atoms with E-state index in [0.29, 0.717) is 5.82 Å². The molecule has 0 bridgehead atoms. The number of nitrogens with zero attached hydrogens (tertiary/aromatic N) is 3. The molecule has 0 saturated carbocycles. The smallest absolute Gasteiger partial charge is 0.247 e. The third kappa shape index (κ3) is 2.08. The van der Waals surface area contributed by atoms with E-state index in [1.165, 1.54) is 0 Å². The predicted molar refractivity (Wildman–Crippen MR) is 56.3 cm³/mol. The normalized spacial score (nSPS) is 16.5. The van der Waals surface area contributed by atoms with Gasteiger partial charge in [-0.2, -0.15) is 5.21 Å². The van der Waals surface area contributed by atoms with Crippen molar-refractivity contribution in [1.29, 1.82) is 0 Å². The standard InChI is InChI=1S/C9H14N6O/c1-5(7-3-10-4-7)9(16)11-6(2)8-12-14-15-13-8/h6,10H,3-4H2,1-2H3,(H,11,16)(H,12,13,14,15). The lowest BCUT2D eigenvalue weighted by Gasteiger charge is -2.22. The van der Waals surface area contributed by atoms with Gasteiger partial charge in [0, 0.05) is 18.7 Å². The molecule has 1 saturated heterocycles. The first-order valence-corrected chi connectivity index (χ1v) is 5.12. The highest BCUT2D eigenvalue weighted by atomic mass is 16.1. The summed E-state index contributed by atoms with van der Waals surface area (Å²) in [5.41, 5.74) is 1.92. The van der Waals surface area contributed by atoms with Crippen LogP contribution in [-0.2, 0) is 4.79 Å². The van der Waals surface area contributed by atoms with Gasteiger partial charge in [0.1, 0.15) is 0 Å². The van der Waals surface area contributed by atoms with Crippen molar-refractivity contribution in [3.05, 3.63) is 17.0 Å². The van der Waals surface area contributed by atoms with Crippen LogP contribution in [0.3, 0.4) is 0 Å². The van der Waals surface area contributed by atoms with E-state index in [1.54, 1.807) is 0 Å². The molecule has 16 heavy (non-hydrogen) atoms. The third-order valence-electron chi connectivity index (χ3n) is 2.64. The summed E-state index contributed by atoms with van der Waals surface area (Å²) in [7, 11) is 0. The van der Waals surface area contributed by atoms with Crippen LogP contribution in [0, 0.1) is 0 Å². The topological polar surface area (TPSA) is 95.6 Å². The molecule has 0 spiro atoms. The van der Waals surface area contributed by atoms with Crippen LogP contribution in [0.5, 0.6) is 0 Å². The first-order chi connectivity index (χ1) is 7.68. The average molecular weight is 222 g/mol. The molecule has 1 unspecified atom stereocenters. The monoisotopic (exact) mass is 222 g/mol. The molecule has 0 aromatic carbocycles. The first-order valence-electron chi connectivity index (χ1n) is 5.12. The Morgan fingerprint density at radius 3 is 2.75 bits per heavy atom. The summed E-state index contributed by atoms with van der Waals surface area (Å²) in [6.07, 6.45) is 0. The number of tetrazole rings is 1. The largest absolute Gasteiger partial charge is 0.342 e. The zero-order valence-corrected chi connectivity index (χ0v) is 9.24. The summed E-state index contributed by atoms with van der Waals surface area (Å²) in [4.78, 5) is 11.8. The highest BCUT2D eigenvalue weighted by Gasteiger charge is 2.19. The molecule has 1 fully saturated rings. The van der Waals surface area contributed by atoms with Gasteiger partial charge in [-0.25, -0.2) is 0 Å². The van der Waals surface area contributed by atoms with Gasteiger partial charge in [-0.3, -0.25) is 4.79 Å². The number of hydrogen-bond donors (Lipinski definition) is 3. The Balaban J connectivity index is 1.97. The van der Waals surface area contributed by atoms with E-state index in [-0.39, 0.29) is 11.9 Å². The van der Waals surface area contributed by atoms with E-state index in [9.17, 15) is 4.79 Å². The highest BCUT2D eigenvalue weighted by molar-refractivity contribution is 5.94. The summed E-state index contributed by atoms with van der Waals surface area (Å²) < 4.78 is 0. The van der Waals surface area contributed by atoms with Crippen LogP contribution in [0.1, 0.15) is 25.7 Å². The Morgan fingerprint density at radius 2 is 2.25 bits per heavy atom. The minimum atomic E-state index is -0.241. The fourth-order valence-electron chi connectivity index (χ4n) is 1.40. The van der Waals surface area contributed by atoms with Crippen LogP contribution in [0.15, 0.2) is 11.1 Å². The number of carbonyl (C=O) groups is 1. The van der Waals surface area contributed by atoms with E-state index in [0.717, 1.165) is 24.2 Å². The van der Waals surface area contributed by atoms with Crippen LogP contribution in [-0.4, -0.2) is 39.6 Å². The molecule has 86 valence electrons. The Labute approximate surface area is 92.7 Å². The summed E-state index contributed by atoms with van der Waals surface area (Å²) in [5, 5.41) is 19.4. The Bertz CT molecular complexity index is 404. The lowest BCUT2D eigenvalue weighted by molar-refractivity contribution is -0.118. The molecule has 1 aliphatic rings. The molecule has 7 heteroatoms. The van der Waals surface area contributed by atoms with Crippen LogP contribution < -0.4 is 10.6 Å². The maximum Gasteiger partial charge on any atom is 0.247 e. The van der Waals surface area contributed by atoms with E-state index in [1.807, 2.05) is 13.8 Å². The lowest BCUT2D eigenvalue weighted by Crippen LogP contribution is -2.38. The van der Waals surface area contributed by atoms with Gasteiger partial charge in [0.05, 0.1) is 6.04 Å². The molecular formula is C9H14N6O. The zero-order valence-electron chi connectivity index (χ0n) is 9.24. The van der Waals surface area contributed by atoms with Crippen LogP contribution in [0.2, 0.25) is 0 Å². The van der Waals surface area contributed by atoms with Gasteiger partial charge in [0.15, 0.2) is 5.82 Å². The second-order valence-corrected chi connectivity index (χ2v) is 3.80. The van der Waals surface area contributed by atoms with Gasteiger partial charge in [-0.1, -0.05) is 5.21 Å². The summed E-state index contributed by atoms with van der Waals surface area (Å²) in [5.74, 6) is 0.409. The minimum Gasteiger partial charge on any atom is -0.342 e. The van der Waals surface area contributed by atoms with E-state index in [4.69, 9.17) is 0 Å². The number of aromatic amines is 1. The van der Waals surface area contributed by atoms with Crippen LogP contribution >= 0.6 is 0 Å². The van der Waals surface area contributed by atoms with Crippen molar-refractivity contribution in [3.63, 3.8) is 0 Å². The maximum absolute atomic E-state index is 11.8. The van der Waals surface area contributed by atoms with Gasteiger partial charge in [-0.05, 0) is 19.4 Å². The average Bonchev–Trinajstić information content (AvgIpc) is 2.67. The molecule has 2 heterocycles. The fraction of sp³-hybridized carbons (Fsp3) is 0.556. The number of nitrogens with one attached hydrogen (secondary N) is 3. The second kappa shape index (κ2) is 4.40. The molecule has 1 aromatic rings. The lowest BCUT2D eigenvalue weighted by atomic mass is 10.0. The second-order valence-electron chi connectivity index (χ2n) is 3.80. The van der Waals surface area contributed by atoms with E-state index < -0.39 is 0 Å². The fourth-order valence-corrected chi connectivity index (χ4v) is 1.40. The molecule has 2 rings (SSSR count). The number of aromatic nitrogens is 4. The van der Waals surface area contributed by atoms with Crippen LogP contribution in [0.4, 0.5) is 0 Å². The van der Waals surface area contributed by atoms with Crippen molar-refractivity contribution >= 4 is 5.91 Å². The summed E-state index contributed by atoms with van der Waals surface area (Å²) in [6, 6.07) is -0.241. The number of amides is 1. The SMILES string of the molecule is CC(C(=O)NC(C)c1nn[nH]n1)=C1CNC1. The number of H-pyrrole nitrogens is 1. The van der Waals surface area contributed by atoms with Gasteiger partial charge in [0.25, 0.3) is 0 Å². The first kappa shape index (κ1) is 10.7. The zero-order chi connectivity index (χ0) is 11.5. The maximum atomic E-state index is 11.8. The third-order valence-corrected chi connectivity index (χ3v) is 2.64. The van der Waals surface area contributed by atoms with Gasteiger partial charge >= 0.3 is 0 Å². The quantitative estimate of drug-likeness (QED) is 0.587. The highest BCUT2D eigenvalue weighted by Crippen LogP contribution is 2.11. The molecular weight excluding hydrogens is 208 g/mol. The molecule has 1 atom stereocenters.